The smallest absolute Gasteiger partial charge is 0.253 e. The lowest BCUT2D eigenvalue weighted by atomic mass is 10.2. The Morgan fingerprint density at radius 1 is 1.69 bits per heavy atom. The van der Waals surface area contributed by atoms with Crippen LogP contribution in [0.4, 0.5) is 0 Å². The van der Waals surface area contributed by atoms with Gasteiger partial charge in [0, 0.05) is 24.2 Å². The Hall–Kier alpha value is -0.740. The quantitative estimate of drug-likeness (QED) is 0.883. The first-order valence-corrected chi connectivity index (χ1v) is 6.85. The molecule has 0 aliphatic rings. The van der Waals surface area contributed by atoms with E-state index in [4.69, 9.17) is 11.6 Å². The number of pyridine rings is 1. The van der Waals surface area contributed by atoms with E-state index < -0.39 is 0 Å². The van der Waals surface area contributed by atoms with Gasteiger partial charge in [-0.3, -0.25) is 9.78 Å². The summed E-state index contributed by atoms with van der Waals surface area (Å²) in [7, 11) is 0. The van der Waals surface area contributed by atoms with E-state index in [9.17, 15) is 4.79 Å². The first kappa shape index (κ1) is 13.3. The fourth-order valence-electron chi connectivity index (χ4n) is 1.29. The molecule has 0 spiro atoms. The molecule has 1 atom stereocenters. The first-order valence-electron chi connectivity index (χ1n) is 5.08. The molecule has 0 saturated carbocycles. The summed E-state index contributed by atoms with van der Waals surface area (Å²) >= 11 is 7.61. The van der Waals surface area contributed by atoms with Crippen molar-refractivity contribution in [1.29, 1.82) is 0 Å². The predicted octanol–water partition coefficient (Wildman–Crippen LogP) is 2.61. The Kier molecular flexibility index (Phi) is 5.63. The van der Waals surface area contributed by atoms with Crippen molar-refractivity contribution in [1.82, 2.24) is 10.3 Å². The Balaban J connectivity index is 2.68. The minimum absolute atomic E-state index is 0.131. The van der Waals surface area contributed by atoms with Gasteiger partial charge >= 0.3 is 0 Å². The minimum Gasteiger partial charge on any atom is -0.348 e. The standard InChI is InChI=1S/C11H15ClN2OS/c1-3-8(7-16-2)14-11(15)9-4-5-13-6-10(9)12/h4-6,8H,3,7H2,1-2H3,(H,14,15). The zero-order valence-electron chi connectivity index (χ0n) is 9.37. The summed E-state index contributed by atoms with van der Waals surface area (Å²) in [4.78, 5) is 15.7. The molecule has 0 aliphatic carbocycles. The summed E-state index contributed by atoms with van der Waals surface area (Å²) in [6.07, 6.45) is 5.98. The lowest BCUT2D eigenvalue weighted by molar-refractivity contribution is 0.0940. The number of aromatic nitrogens is 1. The second-order valence-corrected chi connectivity index (χ2v) is 4.71. The summed E-state index contributed by atoms with van der Waals surface area (Å²) in [5.74, 6) is 0.776. The highest BCUT2D eigenvalue weighted by Crippen LogP contribution is 2.13. The molecular weight excluding hydrogens is 244 g/mol. The molecule has 0 radical (unpaired) electrons. The van der Waals surface area contributed by atoms with Crippen molar-refractivity contribution < 1.29 is 4.79 Å². The fourth-order valence-corrected chi connectivity index (χ4v) is 2.21. The molecule has 3 nitrogen and oxygen atoms in total. The van der Waals surface area contributed by atoms with Gasteiger partial charge in [-0.2, -0.15) is 11.8 Å². The summed E-state index contributed by atoms with van der Waals surface area (Å²) in [5, 5.41) is 3.34. The lowest BCUT2D eigenvalue weighted by Crippen LogP contribution is -2.36. The number of carbonyl (C=O) groups is 1. The number of nitrogens with one attached hydrogen (secondary N) is 1. The van der Waals surface area contributed by atoms with Gasteiger partial charge in [0.25, 0.3) is 5.91 Å². The predicted molar refractivity (Wildman–Crippen MR) is 69.2 cm³/mol. The number of rotatable bonds is 5. The van der Waals surface area contributed by atoms with Crippen molar-refractivity contribution in [2.75, 3.05) is 12.0 Å². The van der Waals surface area contributed by atoms with Crippen molar-refractivity contribution >= 4 is 29.3 Å². The zero-order valence-corrected chi connectivity index (χ0v) is 10.9. The highest BCUT2D eigenvalue weighted by Gasteiger charge is 2.13. The van der Waals surface area contributed by atoms with Crippen molar-refractivity contribution in [2.45, 2.75) is 19.4 Å². The zero-order chi connectivity index (χ0) is 12.0. The second-order valence-electron chi connectivity index (χ2n) is 3.39. The van der Waals surface area contributed by atoms with Crippen LogP contribution in [0.15, 0.2) is 18.5 Å². The highest BCUT2D eigenvalue weighted by molar-refractivity contribution is 7.98. The van der Waals surface area contributed by atoms with E-state index >= 15 is 0 Å². The van der Waals surface area contributed by atoms with Crippen molar-refractivity contribution in [3.63, 3.8) is 0 Å². The van der Waals surface area contributed by atoms with Gasteiger partial charge in [0.1, 0.15) is 0 Å². The third-order valence-electron chi connectivity index (χ3n) is 2.21. The van der Waals surface area contributed by atoms with Gasteiger partial charge in [0.2, 0.25) is 0 Å². The molecule has 88 valence electrons. The molecule has 16 heavy (non-hydrogen) atoms. The summed E-state index contributed by atoms with van der Waals surface area (Å²) < 4.78 is 0. The van der Waals surface area contributed by atoms with Crippen LogP contribution in [-0.4, -0.2) is 28.9 Å². The Morgan fingerprint density at radius 3 is 3.00 bits per heavy atom. The molecule has 1 aromatic rings. The molecular formula is C11H15ClN2OS. The first-order chi connectivity index (χ1) is 7.69. The highest BCUT2D eigenvalue weighted by atomic mass is 35.5. The molecule has 0 saturated heterocycles. The van der Waals surface area contributed by atoms with Gasteiger partial charge in [-0.05, 0) is 18.7 Å². The fraction of sp³-hybridized carbons (Fsp3) is 0.455. The van der Waals surface area contributed by atoms with Crippen LogP contribution in [0.1, 0.15) is 23.7 Å². The van der Waals surface area contributed by atoms with Gasteiger partial charge in [-0.25, -0.2) is 0 Å². The van der Waals surface area contributed by atoms with E-state index in [1.54, 1.807) is 24.0 Å². The van der Waals surface area contributed by atoms with Gasteiger partial charge in [-0.15, -0.1) is 0 Å². The summed E-state index contributed by atoms with van der Waals surface area (Å²) in [6.45, 7) is 2.05. The Morgan fingerprint density at radius 2 is 2.44 bits per heavy atom. The SMILES string of the molecule is CCC(CSC)NC(=O)c1ccncc1Cl. The maximum absolute atomic E-state index is 11.9. The van der Waals surface area contributed by atoms with E-state index in [1.807, 2.05) is 6.26 Å². The minimum atomic E-state index is -0.131. The van der Waals surface area contributed by atoms with Gasteiger partial charge < -0.3 is 5.32 Å². The van der Waals surface area contributed by atoms with Gasteiger partial charge in [-0.1, -0.05) is 18.5 Å². The molecule has 1 aromatic heterocycles. The van der Waals surface area contributed by atoms with Crippen LogP contribution in [0, 0.1) is 0 Å². The van der Waals surface area contributed by atoms with Crippen LogP contribution in [0.25, 0.3) is 0 Å². The van der Waals surface area contributed by atoms with E-state index in [2.05, 4.69) is 17.2 Å². The normalized spacial score (nSPS) is 12.2. The average molecular weight is 259 g/mol. The van der Waals surface area contributed by atoms with E-state index in [-0.39, 0.29) is 11.9 Å². The summed E-state index contributed by atoms with van der Waals surface area (Å²) in [5.41, 5.74) is 0.483. The third kappa shape index (κ3) is 3.68. The molecule has 0 fully saturated rings. The number of hydrogen-bond acceptors (Lipinski definition) is 3. The van der Waals surface area contributed by atoms with E-state index in [0.717, 1.165) is 12.2 Å². The molecule has 0 aliphatic heterocycles. The number of hydrogen-bond donors (Lipinski definition) is 1. The number of carbonyl (C=O) groups excluding carboxylic acids is 1. The van der Waals surface area contributed by atoms with Crippen LogP contribution >= 0.6 is 23.4 Å². The van der Waals surface area contributed by atoms with Crippen LogP contribution in [0.5, 0.6) is 0 Å². The topological polar surface area (TPSA) is 42.0 Å². The van der Waals surface area contributed by atoms with Crippen molar-refractivity contribution in [2.24, 2.45) is 0 Å². The average Bonchev–Trinajstić information content (AvgIpc) is 2.28. The molecule has 1 amide bonds. The number of thioether (sulfide) groups is 1. The monoisotopic (exact) mass is 258 g/mol. The van der Waals surface area contributed by atoms with Crippen LogP contribution in [0.2, 0.25) is 5.02 Å². The largest absolute Gasteiger partial charge is 0.348 e. The Labute approximate surface area is 105 Å². The molecule has 1 rings (SSSR count). The molecule has 0 aromatic carbocycles. The molecule has 1 heterocycles. The lowest BCUT2D eigenvalue weighted by Gasteiger charge is -2.15. The third-order valence-corrected chi connectivity index (χ3v) is 3.25. The molecule has 0 bridgehead atoms. The Bertz CT molecular complexity index is 360. The number of halogens is 1. The molecule has 1 N–H and O–H groups in total. The van der Waals surface area contributed by atoms with E-state index in [0.29, 0.717) is 10.6 Å². The van der Waals surface area contributed by atoms with E-state index in [1.165, 1.54) is 6.20 Å². The number of nitrogens with zero attached hydrogens (tertiary/aromatic N) is 1. The van der Waals surface area contributed by atoms with Gasteiger partial charge in [0.15, 0.2) is 0 Å². The van der Waals surface area contributed by atoms with Gasteiger partial charge in [0.05, 0.1) is 10.6 Å². The maximum Gasteiger partial charge on any atom is 0.253 e. The van der Waals surface area contributed by atoms with Crippen LogP contribution in [-0.2, 0) is 0 Å². The molecule has 5 heteroatoms. The second kappa shape index (κ2) is 6.76. The maximum atomic E-state index is 11.9. The molecule has 1 unspecified atom stereocenters. The van der Waals surface area contributed by atoms with Crippen LogP contribution < -0.4 is 5.32 Å². The number of amides is 1. The van der Waals surface area contributed by atoms with Crippen molar-refractivity contribution in [3.8, 4) is 0 Å². The summed E-state index contributed by atoms with van der Waals surface area (Å²) in [6, 6.07) is 1.82. The van der Waals surface area contributed by atoms with Crippen molar-refractivity contribution in [3.05, 3.63) is 29.0 Å². The van der Waals surface area contributed by atoms with Crippen LogP contribution in [0.3, 0.4) is 0 Å².